The van der Waals surface area contributed by atoms with Crippen LogP contribution in [-0.2, 0) is 16.6 Å². The normalized spacial score (nSPS) is 18.3. The maximum absolute atomic E-state index is 13.8. The Morgan fingerprint density at radius 3 is 2.73 bits per heavy atom. The number of amides is 2. The van der Waals surface area contributed by atoms with Gasteiger partial charge in [0.2, 0.25) is 11.8 Å². The Bertz CT molecular complexity index is 917. The van der Waals surface area contributed by atoms with Crippen molar-refractivity contribution in [3.05, 3.63) is 34.0 Å². The molecular formula is C15H12FN3O3. The highest BCUT2D eigenvalue weighted by molar-refractivity contribution is 6.00. The Hall–Kier alpha value is -2.88. The van der Waals surface area contributed by atoms with E-state index in [1.54, 1.807) is 0 Å². The summed E-state index contributed by atoms with van der Waals surface area (Å²) in [5.41, 5.74) is 0.128. The molecule has 0 saturated carbocycles. The standard InChI is InChI=1S/C15H12FN3O3/c1-3-8-9(16)4-5-10-13(8)18(2)15(22)19(10)11-6-7-12(20)17-14(11)21/h1,4-5,11H,6-7H2,2H3,(H,17,20,21). The van der Waals surface area contributed by atoms with Gasteiger partial charge in [0.1, 0.15) is 11.9 Å². The minimum Gasteiger partial charge on any atom is -0.295 e. The van der Waals surface area contributed by atoms with E-state index in [1.807, 2.05) is 0 Å². The maximum Gasteiger partial charge on any atom is 0.329 e. The first kappa shape index (κ1) is 14.1. The molecule has 112 valence electrons. The molecule has 0 bridgehead atoms. The second-order valence-corrected chi connectivity index (χ2v) is 5.11. The molecule has 0 aliphatic carbocycles. The highest BCUT2D eigenvalue weighted by Crippen LogP contribution is 2.25. The third-order valence-electron chi connectivity index (χ3n) is 3.86. The monoisotopic (exact) mass is 301 g/mol. The molecule has 1 saturated heterocycles. The summed E-state index contributed by atoms with van der Waals surface area (Å²) in [4.78, 5) is 35.7. The van der Waals surface area contributed by atoms with E-state index in [2.05, 4.69) is 11.2 Å². The van der Waals surface area contributed by atoms with Crippen LogP contribution in [-0.4, -0.2) is 20.9 Å². The van der Waals surface area contributed by atoms with Gasteiger partial charge in [-0.05, 0) is 18.6 Å². The van der Waals surface area contributed by atoms with Gasteiger partial charge in [-0.15, -0.1) is 6.42 Å². The van der Waals surface area contributed by atoms with Gasteiger partial charge in [0, 0.05) is 13.5 Å². The number of carbonyl (C=O) groups is 2. The van der Waals surface area contributed by atoms with E-state index < -0.39 is 23.5 Å². The molecule has 2 heterocycles. The largest absolute Gasteiger partial charge is 0.329 e. The fourth-order valence-electron chi connectivity index (χ4n) is 2.82. The zero-order chi connectivity index (χ0) is 16.0. The SMILES string of the molecule is C#Cc1c(F)ccc2c1n(C)c(=O)n2C1CCC(=O)NC1=O. The van der Waals surface area contributed by atoms with E-state index in [-0.39, 0.29) is 29.8 Å². The lowest BCUT2D eigenvalue weighted by Gasteiger charge is -2.21. The second kappa shape index (κ2) is 4.84. The lowest BCUT2D eigenvalue weighted by Crippen LogP contribution is -2.44. The van der Waals surface area contributed by atoms with Crippen LogP contribution in [0.3, 0.4) is 0 Å². The Balaban J connectivity index is 2.31. The van der Waals surface area contributed by atoms with E-state index in [0.29, 0.717) is 5.52 Å². The summed E-state index contributed by atoms with van der Waals surface area (Å²) in [6.07, 6.45) is 5.69. The van der Waals surface area contributed by atoms with Crippen molar-refractivity contribution in [1.29, 1.82) is 0 Å². The first-order valence-corrected chi connectivity index (χ1v) is 6.65. The number of benzene rings is 1. The molecule has 1 N–H and O–H groups in total. The van der Waals surface area contributed by atoms with Gasteiger partial charge in [-0.25, -0.2) is 9.18 Å². The van der Waals surface area contributed by atoms with Crippen molar-refractivity contribution in [3.8, 4) is 12.3 Å². The lowest BCUT2D eigenvalue weighted by molar-refractivity contribution is -0.135. The molecule has 7 heteroatoms. The number of aryl methyl sites for hydroxylation is 1. The number of imidazole rings is 1. The minimum atomic E-state index is -0.815. The zero-order valence-electron chi connectivity index (χ0n) is 11.7. The van der Waals surface area contributed by atoms with Gasteiger partial charge in [0.15, 0.2) is 0 Å². The third-order valence-corrected chi connectivity index (χ3v) is 3.86. The van der Waals surface area contributed by atoms with Crippen molar-refractivity contribution in [1.82, 2.24) is 14.5 Å². The average Bonchev–Trinajstić information content (AvgIpc) is 2.72. The molecule has 1 aliphatic rings. The predicted molar refractivity (Wildman–Crippen MR) is 76.5 cm³/mol. The van der Waals surface area contributed by atoms with Crippen LogP contribution < -0.4 is 11.0 Å². The third kappa shape index (κ3) is 1.84. The van der Waals surface area contributed by atoms with E-state index in [0.717, 1.165) is 0 Å². The summed E-state index contributed by atoms with van der Waals surface area (Å²) in [5, 5.41) is 2.21. The molecule has 6 nitrogen and oxygen atoms in total. The molecule has 1 aromatic carbocycles. The van der Waals surface area contributed by atoms with E-state index in [4.69, 9.17) is 6.42 Å². The molecule has 22 heavy (non-hydrogen) atoms. The van der Waals surface area contributed by atoms with Crippen LogP contribution in [0, 0.1) is 18.2 Å². The van der Waals surface area contributed by atoms with Gasteiger partial charge < -0.3 is 0 Å². The number of hydrogen-bond donors (Lipinski definition) is 1. The second-order valence-electron chi connectivity index (χ2n) is 5.11. The summed E-state index contributed by atoms with van der Waals surface area (Å²) >= 11 is 0. The number of piperidine rings is 1. The quantitative estimate of drug-likeness (QED) is 0.613. The molecule has 0 spiro atoms. The smallest absolute Gasteiger partial charge is 0.295 e. The average molecular weight is 301 g/mol. The van der Waals surface area contributed by atoms with Crippen LogP contribution in [0.25, 0.3) is 11.0 Å². The Kier molecular flexibility index (Phi) is 3.10. The van der Waals surface area contributed by atoms with Gasteiger partial charge >= 0.3 is 5.69 Å². The summed E-state index contributed by atoms with van der Waals surface area (Å²) in [6.45, 7) is 0. The first-order valence-electron chi connectivity index (χ1n) is 6.65. The van der Waals surface area contributed by atoms with Crippen LogP contribution in [0.4, 0.5) is 4.39 Å². The molecule has 1 aliphatic heterocycles. The molecule has 1 unspecified atom stereocenters. The molecule has 1 atom stereocenters. The summed E-state index contributed by atoms with van der Waals surface area (Å²) in [6, 6.07) is 1.76. The number of fused-ring (bicyclic) bond motifs is 1. The van der Waals surface area contributed by atoms with E-state index in [1.165, 1.54) is 28.3 Å². The van der Waals surface area contributed by atoms with Crippen LogP contribution in [0.5, 0.6) is 0 Å². The van der Waals surface area contributed by atoms with Crippen molar-refractivity contribution in [2.75, 3.05) is 0 Å². The topological polar surface area (TPSA) is 73.1 Å². The number of terminal acetylenes is 1. The van der Waals surface area contributed by atoms with Crippen molar-refractivity contribution >= 4 is 22.8 Å². The molecule has 3 rings (SSSR count). The van der Waals surface area contributed by atoms with Gasteiger partial charge in [0.05, 0.1) is 16.6 Å². The predicted octanol–water partition coefficient (Wildman–Crippen LogP) is 0.438. The van der Waals surface area contributed by atoms with Crippen molar-refractivity contribution < 1.29 is 14.0 Å². The van der Waals surface area contributed by atoms with Gasteiger partial charge in [-0.2, -0.15) is 0 Å². The Morgan fingerprint density at radius 2 is 2.09 bits per heavy atom. The van der Waals surface area contributed by atoms with Crippen molar-refractivity contribution in [2.24, 2.45) is 7.05 Å². The van der Waals surface area contributed by atoms with Crippen LogP contribution in [0.1, 0.15) is 24.4 Å². The maximum atomic E-state index is 13.8. The van der Waals surface area contributed by atoms with Crippen molar-refractivity contribution in [3.63, 3.8) is 0 Å². The molecule has 0 radical (unpaired) electrons. The first-order chi connectivity index (χ1) is 10.5. The summed E-state index contributed by atoms with van der Waals surface area (Å²) < 4.78 is 16.3. The zero-order valence-corrected chi connectivity index (χ0v) is 11.7. The molecule has 1 fully saturated rings. The number of carbonyl (C=O) groups excluding carboxylic acids is 2. The number of rotatable bonds is 1. The summed E-state index contributed by atoms with van der Waals surface area (Å²) in [5.74, 6) is 0.718. The van der Waals surface area contributed by atoms with Gasteiger partial charge in [0.25, 0.3) is 0 Å². The van der Waals surface area contributed by atoms with E-state index >= 15 is 0 Å². The Labute approximate surface area is 124 Å². The van der Waals surface area contributed by atoms with E-state index in [9.17, 15) is 18.8 Å². The van der Waals surface area contributed by atoms with Crippen LogP contribution >= 0.6 is 0 Å². The van der Waals surface area contributed by atoms with Crippen LogP contribution in [0.15, 0.2) is 16.9 Å². The molecular weight excluding hydrogens is 289 g/mol. The number of imide groups is 1. The number of halogens is 1. The van der Waals surface area contributed by atoms with Crippen molar-refractivity contribution in [2.45, 2.75) is 18.9 Å². The number of aromatic nitrogens is 2. The highest BCUT2D eigenvalue weighted by atomic mass is 19.1. The Morgan fingerprint density at radius 1 is 1.36 bits per heavy atom. The lowest BCUT2D eigenvalue weighted by atomic mass is 10.1. The highest BCUT2D eigenvalue weighted by Gasteiger charge is 2.31. The van der Waals surface area contributed by atoms with Gasteiger partial charge in [-0.3, -0.25) is 24.0 Å². The van der Waals surface area contributed by atoms with Gasteiger partial charge in [-0.1, -0.05) is 5.92 Å². The fourth-order valence-corrected chi connectivity index (χ4v) is 2.82. The molecule has 2 amide bonds. The minimum absolute atomic E-state index is 0.0249. The summed E-state index contributed by atoms with van der Waals surface area (Å²) in [7, 11) is 1.47. The molecule has 1 aromatic heterocycles. The van der Waals surface area contributed by atoms with Crippen LogP contribution in [0.2, 0.25) is 0 Å². The molecule has 2 aromatic rings. The number of nitrogens with zero attached hydrogens (tertiary/aromatic N) is 2. The fraction of sp³-hybridized carbons (Fsp3) is 0.267. The number of hydrogen-bond acceptors (Lipinski definition) is 3. The number of nitrogens with one attached hydrogen (secondary N) is 1.